The van der Waals surface area contributed by atoms with E-state index in [1.165, 1.54) is 13.1 Å². The molecule has 0 heterocycles. The van der Waals surface area contributed by atoms with Crippen LogP contribution in [0.3, 0.4) is 0 Å². The second-order valence-electron chi connectivity index (χ2n) is 3.72. The molecular formula is C11H19N3O4S. The third-order valence-electron chi connectivity index (χ3n) is 2.38. The zero-order valence-corrected chi connectivity index (χ0v) is 11.5. The Kier molecular flexibility index (Phi) is 6.03. The minimum atomic E-state index is -3.53. The number of rotatable bonds is 8. The summed E-state index contributed by atoms with van der Waals surface area (Å²) in [5.41, 5.74) is 6.60. The SMILES string of the molecule is CNS(=O)(=O)c1ccc(NCCOCCO)cc1N. The molecule has 1 aromatic carbocycles. The molecule has 0 unspecified atom stereocenters. The molecular weight excluding hydrogens is 270 g/mol. The van der Waals surface area contributed by atoms with E-state index < -0.39 is 10.0 Å². The molecule has 1 aromatic rings. The Morgan fingerprint density at radius 2 is 2.11 bits per heavy atom. The molecule has 0 saturated carbocycles. The molecule has 0 amide bonds. The van der Waals surface area contributed by atoms with E-state index in [-0.39, 0.29) is 17.2 Å². The Morgan fingerprint density at radius 1 is 1.37 bits per heavy atom. The summed E-state index contributed by atoms with van der Waals surface area (Å²) >= 11 is 0. The molecule has 7 nitrogen and oxygen atoms in total. The third kappa shape index (κ3) is 4.67. The van der Waals surface area contributed by atoms with Gasteiger partial charge in [0.05, 0.1) is 25.5 Å². The van der Waals surface area contributed by atoms with Crippen molar-refractivity contribution >= 4 is 21.4 Å². The lowest BCUT2D eigenvalue weighted by Crippen LogP contribution is -2.20. The van der Waals surface area contributed by atoms with Crippen LogP contribution in [0.5, 0.6) is 0 Å². The number of nitrogens with two attached hydrogens (primary N) is 1. The van der Waals surface area contributed by atoms with Gasteiger partial charge < -0.3 is 20.9 Å². The summed E-state index contributed by atoms with van der Waals surface area (Å²) in [6.07, 6.45) is 0. The molecule has 0 radical (unpaired) electrons. The van der Waals surface area contributed by atoms with Gasteiger partial charge in [-0.2, -0.15) is 0 Å². The maximum atomic E-state index is 11.6. The summed E-state index contributed by atoms with van der Waals surface area (Å²) in [6, 6.07) is 4.63. The Balaban J connectivity index is 2.62. The van der Waals surface area contributed by atoms with Gasteiger partial charge in [-0.05, 0) is 25.2 Å². The minimum Gasteiger partial charge on any atom is -0.398 e. The van der Waals surface area contributed by atoms with Crippen molar-refractivity contribution in [3.05, 3.63) is 18.2 Å². The van der Waals surface area contributed by atoms with Crippen LogP contribution in [-0.4, -0.2) is 46.9 Å². The van der Waals surface area contributed by atoms with E-state index in [1.807, 2.05) is 0 Å². The first-order chi connectivity index (χ1) is 9.01. The van der Waals surface area contributed by atoms with E-state index in [2.05, 4.69) is 10.0 Å². The lowest BCUT2D eigenvalue weighted by molar-refractivity contribution is 0.0992. The molecule has 0 aliphatic heterocycles. The topological polar surface area (TPSA) is 114 Å². The van der Waals surface area contributed by atoms with Crippen LogP contribution >= 0.6 is 0 Å². The van der Waals surface area contributed by atoms with Gasteiger partial charge in [0.15, 0.2) is 0 Å². The molecule has 5 N–H and O–H groups in total. The van der Waals surface area contributed by atoms with Crippen LogP contribution in [0.25, 0.3) is 0 Å². The maximum Gasteiger partial charge on any atom is 0.242 e. The lowest BCUT2D eigenvalue weighted by Gasteiger charge is -2.10. The largest absolute Gasteiger partial charge is 0.398 e. The quantitative estimate of drug-likeness (QED) is 0.382. The smallest absolute Gasteiger partial charge is 0.242 e. The van der Waals surface area contributed by atoms with Gasteiger partial charge in [0.1, 0.15) is 4.90 Å². The molecule has 0 spiro atoms. The second-order valence-corrected chi connectivity index (χ2v) is 5.58. The lowest BCUT2D eigenvalue weighted by atomic mass is 10.3. The summed E-state index contributed by atoms with van der Waals surface area (Å²) in [5.74, 6) is 0. The fourth-order valence-corrected chi connectivity index (χ4v) is 2.28. The number of benzene rings is 1. The van der Waals surface area contributed by atoms with E-state index in [0.29, 0.717) is 25.4 Å². The van der Waals surface area contributed by atoms with Gasteiger partial charge in [0, 0.05) is 12.2 Å². The van der Waals surface area contributed by atoms with Crippen LogP contribution in [0.15, 0.2) is 23.1 Å². The minimum absolute atomic E-state index is 0.0104. The van der Waals surface area contributed by atoms with Crippen molar-refractivity contribution in [1.82, 2.24) is 4.72 Å². The summed E-state index contributed by atoms with van der Waals surface area (Å²) < 4.78 is 30.5. The van der Waals surface area contributed by atoms with Crippen molar-refractivity contribution in [3.63, 3.8) is 0 Å². The zero-order valence-electron chi connectivity index (χ0n) is 10.7. The average Bonchev–Trinajstić information content (AvgIpc) is 2.38. The first-order valence-electron chi connectivity index (χ1n) is 5.77. The van der Waals surface area contributed by atoms with Gasteiger partial charge in [0.2, 0.25) is 10.0 Å². The van der Waals surface area contributed by atoms with Crippen molar-refractivity contribution in [2.45, 2.75) is 4.90 Å². The highest BCUT2D eigenvalue weighted by atomic mass is 32.2. The number of aliphatic hydroxyl groups is 1. The molecule has 19 heavy (non-hydrogen) atoms. The van der Waals surface area contributed by atoms with E-state index in [9.17, 15) is 8.42 Å². The van der Waals surface area contributed by atoms with Crippen LogP contribution < -0.4 is 15.8 Å². The normalized spacial score (nSPS) is 11.5. The zero-order chi connectivity index (χ0) is 14.3. The number of sulfonamides is 1. The number of nitrogen functional groups attached to an aromatic ring is 1. The number of ether oxygens (including phenoxy) is 1. The molecule has 0 aliphatic carbocycles. The average molecular weight is 289 g/mol. The molecule has 0 atom stereocenters. The number of nitrogens with one attached hydrogen (secondary N) is 2. The van der Waals surface area contributed by atoms with Crippen molar-refractivity contribution in [1.29, 1.82) is 0 Å². The molecule has 0 bridgehead atoms. The van der Waals surface area contributed by atoms with E-state index in [4.69, 9.17) is 15.6 Å². The van der Waals surface area contributed by atoms with Gasteiger partial charge >= 0.3 is 0 Å². The highest BCUT2D eigenvalue weighted by molar-refractivity contribution is 7.89. The summed E-state index contributed by atoms with van der Waals surface area (Å²) in [5, 5.41) is 11.6. The van der Waals surface area contributed by atoms with Crippen LogP contribution in [-0.2, 0) is 14.8 Å². The summed E-state index contributed by atoms with van der Waals surface area (Å²) in [6.45, 7) is 1.27. The monoisotopic (exact) mass is 289 g/mol. The molecule has 1 rings (SSSR count). The fraction of sp³-hybridized carbons (Fsp3) is 0.455. The Hall–Kier alpha value is -1.35. The standard InChI is InChI=1S/C11H19N3O4S/c1-13-19(16,17)11-3-2-9(8-10(11)12)14-4-6-18-7-5-15/h2-3,8,13-15H,4-7,12H2,1H3. The van der Waals surface area contributed by atoms with E-state index in [0.717, 1.165) is 0 Å². The number of aliphatic hydroxyl groups excluding tert-OH is 1. The Morgan fingerprint density at radius 3 is 2.68 bits per heavy atom. The Bertz CT molecular complexity index is 505. The molecule has 0 aliphatic rings. The Labute approximate surface area is 112 Å². The number of hydrogen-bond donors (Lipinski definition) is 4. The number of anilines is 2. The summed E-state index contributed by atoms with van der Waals surface area (Å²) in [7, 11) is -2.20. The van der Waals surface area contributed by atoms with Gasteiger partial charge in [0.25, 0.3) is 0 Å². The van der Waals surface area contributed by atoms with Crippen molar-refractivity contribution in [2.24, 2.45) is 0 Å². The highest BCUT2D eigenvalue weighted by Crippen LogP contribution is 2.21. The second kappa shape index (κ2) is 7.29. The van der Waals surface area contributed by atoms with Gasteiger partial charge in [-0.1, -0.05) is 0 Å². The predicted octanol–water partition coefficient (Wildman–Crippen LogP) is -0.402. The number of hydrogen-bond acceptors (Lipinski definition) is 6. The van der Waals surface area contributed by atoms with Crippen LogP contribution in [0.4, 0.5) is 11.4 Å². The van der Waals surface area contributed by atoms with Crippen LogP contribution in [0.1, 0.15) is 0 Å². The molecule has 0 saturated heterocycles. The first-order valence-corrected chi connectivity index (χ1v) is 7.25. The predicted molar refractivity (Wildman–Crippen MR) is 73.5 cm³/mol. The van der Waals surface area contributed by atoms with E-state index >= 15 is 0 Å². The van der Waals surface area contributed by atoms with Crippen molar-refractivity contribution < 1.29 is 18.3 Å². The van der Waals surface area contributed by atoms with Crippen molar-refractivity contribution in [2.75, 3.05) is 44.5 Å². The van der Waals surface area contributed by atoms with Crippen LogP contribution in [0, 0.1) is 0 Å². The van der Waals surface area contributed by atoms with Crippen LogP contribution in [0.2, 0.25) is 0 Å². The molecule has 0 aromatic heterocycles. The maximum absolute atomic E-state index is 11.6. The van der Waals surface area contributed by atoms with Gasteiger partial charge in [-0.25, -0.2) is 13.1 Å². The molecule has 8 heteroatoms. The van der Waals surface area contributed by atoms with Gasteiger partial charge in [-0.3, -0.25) is 0 Å². The van der Waals surface area contributed by atoms with E-state index in [1.54, 1.807) is 12.1 Å². The first kappa shape index (κ1) is 15.7. The molecule has 108 valence electrons. The molecule has 0 fully saturated rings. The highest BCUT2D eigenvalue weighted by Gasteiger charge is 2.14. The van der Waals surface area contributed by atoms with Gasteiger partial charge in [-0.15, -0.1) is 0 Å². The van der Waals surface area contributed by atoms with Crippen molar-refractivity contribution in [3.8, 4) is 0 Å². The summed E-state index contributed by atoms with van der Waals surface area (Å²) in [4.78, 5) is 0.0529. The third-order valence-corrected chi connectivity index (χ3v) is 3.87. The fourth-order valence-electron chi connectivity index (χ4n) is 1.45.